The molecule has 0 bridgehead atoms. The smallest absolute Gasteiger partial charge is 0.229 e. The van der Waals surface area contributed by atoms with Crippen LogP contribution in [0.5, 0.6) is 5.75 Å². The molecule has 6 nitrogen and oxygen atoms in total. The highest BCUT2D eigenvalue weighted by molar-refractivity contribution is 5.92. The third kappa shape index (κ3) is 4.07. The summed E-state index contributed by atoms with van der Waals surface area (Å²) < 4.78 is 10.9. The van der Waals surface area contributed by atoms with Crippen molar-refractivity contribution in [2.75, 3.05) is 5.32 Å². The fourth-order valence-electron chi connectivity index (χ4n) is 2.88. The van der Waals surface area contributed by atoms with Crippen LogP contribution in [0, 0.1) is 5.92 Å². The van der Waals surface area contributed by atoms with E-state index < -0.39 is 0 Å². The zero-order valence-corrected chi connectivity index (χ0v) is 14.0. The van der Waals surface area contributed by atoms with Crippen LogP contribution in [0.25, 0.3) is 0 Å². The molecule has 2 aliphatic rings. The Balaban J connectivity index is 1.28. The lowest BCUT2D eigenvalue weighted by Crippen LogP contribution is -2.23. The van der Waals surface area contributed by atoms with Gasteiger partial charge >= 0.3 is 0 Å². The average molecular weight is 339 g/mol. The summed E-state index contributed by atoms with van der Waals surface area (Å²) in [6.45, 7) is 0.274. The summed E-state index contributed by atoms with van der Waals surface area (Å²) in [6, 6.07) is 7.35. The first-order valence-electron chi connectivity index (χ1n) is 8.79. The number of carbonyl (C=O) groups is 1. The molecule has 1 atom stereocenters. The predicted molar refractivity (Wildman–Crippen MR) is 92.2 cm³/mol. The van der Waals surface area contributed by atoms with Gasteiger partial charge in [-0.25, -0.2) is 0 Å². The highest BCUT2D eigenvalue weighted by Crippen LogP contribution is 2.38. The third-order valence-electron chi connectivity index (χ3n) is 4.54. The van der Waals surface area contributed by atoms with E-state index in [1.54, 1.807) is 0 Å². The van der Waals surface area contributed by atoms with Gasteiger partial charge in [-0.15, -0.1) is 0 Å². The Labute approximate surface area is 146 Å². The van der Waals surface area contributed by atoms with Gasteiger partial charge < -0.3 is 14.6 Å². The van der Waals surface area contributed by atoms with Crippen molar-refractivity contribution in [1.82, 2.24) is 10.1 Å². The summed E-state index contributed by atoms with van der Waals surface area (Å²) >= 11 is 0. The van der Waals surface area contributed by atoms with Crippen molar-refractivity contribution < 1.29 is 14.1 Å². The molecule has 1 aromatic heterocycles. The lowest BCUT2D eigenvalue weighted by molar-refractivity contribution is -0.120. The number of aromatic nitrogens is 2. The summed E-state index contributed by atoms with van der Waals surface area (Å²) in [5.41, 5.74) is 0.780. The number of hydrogen-bond donors (Lipinski definition) is 1. The molecule has 0 radical (unpaired) electrons. The molecule has 4 rings (SSSR count). The van der Waals surface area contributed by atoms with Gasteiger partial charge in [0.25, 0.3) is 0 Å². The first-order valence-corrected chi connectivity index (χ1v) is 8.79. The lowest BCUT2D eigenvalue weighted by Gasteiger charge is -2.17. The average Bonchev–Trinajstić information content (AvgIpc) is 3.40. The van der Waals surface area contributed by atoms with Crippen molar-refractivity contribution >= 4 is 11.6 Å². The van der Waals surface area contributed by atoms with Crippen LogP contribution in [0.15, 0.2) is 40.9 Å². The first kappa shape index (κ1) is 15.9. The van der Waals surface area contributed by atoms with E-state index in [0.717, 1.165) is 37.8 Å². The molecule has 0 unspecified atom stereocenters. The van der Waals surface area contributed by atoms with Crippen molar-refractivity contribution in [3.63, 3.8) is 0 Å². The van der Waals surface area contributed by atoms with Crippen molar-refractivity contribution in [3.8, 4) is 5.75 Å². The quantitative estimate of drug-likeness (QED) is 0.810. The van der Waals surface area contributed by atoms with E-state index in [4.69, 9.17) is 9.26 Å². The fraction of sp³-hybridized carbons (Fsp3) is 0.421. The highest BCUT2D eigenvalue weighted by Gasteiger charge is 2.29. The second-order valence-corrected chi connectivity index (χ2v) is 6.61. The molecule has 0 aliphatic heterocycles. The number of amides is 1. The number of rotatable bonds is 6. The number of ether oxygens (including phenoxy) is 1. The van der Waals surface area contributed by atoms with E-state index in [1.165, 1.54) is 0 Å². The highest BCUT2D eigenvalue weighted by atomic mass is 16.5. The van der Waals surface area contributed by atoms with Crippen LogP contribution in [0.4, 0.5) is 5.69 Å². The minimum Gasteiger partial charge on any atom is -0.485 e. The van der Waals surface area contributed by atoms with Crippen molar-refractivity contribution in [3.05, 3.63) is 48.1 Å². The topological polar surface area (TPSA) is 77.2 Å². The van der Waals surface area contributed by atoms with Gasteiger partial charge in [-0.3, -0.25) is 4.79 Å². The van der Waals surface area contributed by atoms with Gasteiger partial charge in [0.2, 0.25) is 17.6 Å². The molecule has 1 fully saturated rings. The number of carbonyl (C=O) groups excluding carboxylic acids is 1. The van der Waals surface area contributed by atoms with Gasteiger partial charge in [0.05, 0.1) is 0 Å². The molecule has 2 aromatic rings. The molecule has 0 spiro atoms. The maximum Gasteiger partial charge on any atom is 0.229 e. The van der Waals surface area contributed by atoms with Crippen LogP contribution in [0.3, 0.4) is 0 Å². The maximum atomic E-state index is 12.2. The minimum absolute atomic E-state index is 0.0693. The molecule has 2 aliphatic carbocycles. The number of nitrogens with one attached hydrogen (secondary N) is 1. The van der Waals surface area contributed by atoms with E-state index in [2.05, 4.69) is 27.6 Å². The van der Waals surface area contributed by atoms with E-state index >= 15 is 0 Å². The van der Waals surface area contributed by atoms with E-state index in [-0.39, 0.29) is 18.4 Å². The van der Waals surface area contributed by atoms with Gasteiger partial charge in [0, 0.05) is 17.5 Å². The standard InChI is InChI=1S/C19H21N3O3/c23-18(13-4-2-1-3-5-13)20-15-8-10-16(11-9-15)24-12-17-21-19(25-22-17)14-6-7-14/h1-2,8-11,13-14H,3-7,12H2,(H,20,23)/t13-/m1/s1. The second kappa shape index (κ2) is 7.09. The fourth-order valence-corrected chi connectivity index (χ4v) is 2.88. The van der Waals surface area contributed by atoms with Gasteiger partial charge in [0.15, 0.2) is 6.61 Å². The molecular weight excluding hydrogens is 318 g/mol. The Hall–Kier alpha value is -2.63. The van der Waals surface area contributed by atoms with Crippen LogP contribution in [0.2, 0.25) is 0 Å². The SMILES string of the molecule is O=C(Nc1ccc(OCc2noc(C3CC3)n2)cc1)[C@@H]1CC=CCC1. The largest absolute Gasteiger partial charge is 0.485 e. The van der Waals surface area contributed by atoms with Gasteiger partial charge in [-0.2, -0.15) is 4.98 Å². The molecule has 1 saturated carbocycles. The molecule has 0 saturated heterocycles. The van der Waals surface area contributed by atoms with Crippen molar-refractivity contribution in [2.45, 2.75) is 44.6 Å². The molecule has 1 aromatic carbocycles. The maximum absolute atomic E-state index is 12.2. The van der Waals surface area contributed by atoms with E-state index in [9.17, 15) is 4.79 Å². The zero-order chi connectivity index (χ0) is 17.1. The van der Waals surface area contributed by atoms with E-state index in [1.807, 2.05) is 24.3 Å². The van der Waals surface area contributed by atoms with Gasteiger partial charge in [-0.1, -0.05) is 17.3 Å². The van der Waals surface area contributed by atoms with Crippen molar-refractivity contribution in [2.24, 2.45) is 5.92 Å². The Morgan fingerprint density at radius 3 is 2.76 bits per heavy atom. The number of allylic oxidation sites excluding steroid dienone is 2. The summed E-state index contributed by atoms with van der Waals surface area (Å²) in [5, 5.41) is 6.89. The molecule has 25 heavy (non-hydrogen) atoms. The Morgan fingerprint density at radius 1 is 1.20 bits per heavy atom. The number of benzene rings is 1. The van der Waals surface area contributed by atoms with E-state index in [0.29, 0.717) is 23.4 Å². The monoisotopic (exact) mass is 339 g/mol. The van der Waals surface area contributed by atoms with Crippen LogP contribution >= 0.6 is 0 Å². The van der Waals surface area contributed by atoms with Crippen LogP contribution in [0.1, 0.15) is 49.7 Å². The Kier molecular flexibility index (Phi) is 4.50. The summed E-state index contributed by atoms with van der Waals surface area (Å²) in [6.07, 6.45) is 9.19. The predicted octanol–water partition coefficient (Wildman–Crippen LogP) is 3.82. The van der Waals surface area contributed by atoms with Gasteiger partial charge in [0.1, 0.15) is 5.75 Å². The Bertz CT molecular complexity index is 762. The van der Waals surface area contributed by atoms with Gasteiger partial charge in [-0.05, 0) is 56.4 Å². The summed E-state index contributed by atoms with van der Waals surface area (Å²) in [4.78, 5) is 16.6. The third-order valence-corrected chi connectivity index (χ3v) is 4.54. The molecule has 130 valence electrons. The first-order chi connectivity index (χ1) is 12.3. The summed E-state index contributed by atoms with van der Waals surface area (Å²) in [7, 11) is 0. The number of hydrogen-bond acceptors (Lipinski definition) is 5. The van der Waals surface area contributed by atoms with Crippen LogP contribution in [-0.4, -0.2) is 16.0 Å². The van der Waals surface area contributed by atoms with Crippen LogP contribution in [-0.2, 0) is 11.4 Å². The molecule has 1 N–H and O–H groups in total. The number of anilines is 1. The zero-order valence-electron chi connectivity index (χ0n) is 14.0. The summed E-state index contributed by atoms with van der Waals surface area (Å²) in [5.74, 6) is 2.58. The van der Waals surface area contributed by atoms with Crippen LogP contribution < -0.4 is 10.1 Å². The van der Waals surface area contributed by atoms with Crippen molar-refractivity contribution in [1.29, 1.82) is 0 Å². The Morgan fingerprint density at radius 2 is 2.04 bits per heavy atom. The normalized spacial score (nSPS) is 19.6. The lowest BCUT2D eigenvalue weighted by atomic mass is 9.93. The number of nitrogens with zero attached hydrogens (tertiary/aromatic N) is 2. The molecule has 1 amide bonds. The molecular formula is C19H21N3O3. The second-order valence-electron chi connectivity index (χ2n) is 6.61. The minimum atomic E-state index is 0.0693. The molecule has 6 heteroatoms. The molecule has 1 heterocycles.